The number of pyridine rings is 1. The summed E-state index contributed by atoms with van der Waals surface area (Å²) < 4.78 is 63.4. The Morgan fingerprint density at radius 3 is 2.06 bits per heavy atom. The van der Waals surface area contributed by atoms with Crippen molar-refractivity contribution in [3.05, 3.63) is 23.5 Å². The third kappa shape index (κ3) is 2.63. The van der Waals surface area contributed by atoms with Crippen molar-refractivity contribution in [1.82, 2.24) is 4.98 Å². The van der Waals surface area contributed by atoms with Gasteiger partial charge in [0.05, 0.1) is 0 Å². The predicted molar refractivity (Wildman–Crippen MR) is 58.6 cm³/mol. The Hall–Kier alpha value is -1.18. The monoisotopic (exact) mass is 282 g/mol. The molecule has 1 saturated heterocycles. The zero-order valence-corrected chi connectivity index (χ0v) is 10.00. The number of halogens is 4. The maximum absolute atomic E-state index is 13.3. The van der Waals surface area contributed by atoms with Crippen LogP contribution in [0.5, 0.6) is 0 Å². The van der Waals surface area contributed by atoms with E-state index in [4.69, 9.17) is 0 Å². The van der Waals surface area contributed by atoms with Crippen LogP contribution in [0, 0.1) is 23.5 Å². The van der Waals surface area contributed by atoms with Crippen LogP contribution in [0.25, 0.3) is 0 Å². The van der Waals surface area contributed by atoms with Crippen LogP contribution in [0.1, 0.15) is 12.8 Å². The summed E-state index contributed by atoms with van der Waals surface area (Å²) in [6, 6.07) is -0.354. The minimum atomic E-state index is -1.68. The van der Waals surface area contributed by atoms with Gasteiger partial charge in [-0.15, -0.1) is 0 Å². The van der Waals surface area contributed by atoms with Crippen LogP contribution < -0.4 is 5.32 Å². The Labute approximate surface area is 103 Å². The number of aromatic nitrogens is 1. The van der Waals surface area contributed by atoms with Gasteiger partial charge in [0.2, 0.25) is 11.6 Å². The van der Waals surface area contributed by atoms with Gasteiger partial charge >= 0.3 is 0 Å². The third-order valence-electron chi connectivity index (χ3n) is 2.73. The molecule has 0 saturated carbocycles. The van der Waals surface area contributed by atoms with E-state index in [1.807, 2.05) is 0 Å². The van der Waals surface area contributed by atoms with Gasteiger partial charge < -0.3 is 5.32 Å². The van der Waals surface area contributed by atoms with Gasteiger partial charge in [-0.25, -0.2) is 0 Å². The zero-order chi connectivity index (χ0) is 13.3. The van der Waals surface area contributed by atoms with E-state index in [0.717, 1.165) is 0 Å². The highest BCUT2D eigenvalue weighted by molar-refractivity contribution is 7.85. The van der Waals surface area contributed by atoms with Gasteiger partial charge in [-0.05, 0) is 12.8 Å². The highest BCUT2D eigenvalue weighted by Gasteiger charge is 2.25. The largest absolute Gasteiger partial charge is 0.377 e. The number of hydrogen-bond acceptors (Lipinski definition) is 3. The Balaban J connectivity index is 2.21. The molecule has 1 aromatic rings. The lowest BCUT2D eigenvalue weighted by atomic mass is 10.1. The van der Waals surface area contributed by atoms with E-state index in [0.29, 0.717) is 24.3 Å². The molecule has 1 aromatic heterocycles. The lowest BCUT2D eigenvalue weighted by Gasteiger charge is -2.23. The molecule has 100 valence electrons. The molecule has 1 N–H and O–H groups in total. The van der Waals surface area contributed by atoms with E-state index in [1.165, 1.54) is 0 Å². The first-order chi connectivity index (χ1) is 8.49. The summed E-state index contributed by atoms with van der Waals surface area (Å²) in [5.74, 6) is -5.65. The van der Waals surface area contributed by atoms with Gasteiger partial charge in [0.25, 0.3) is 11.9 Å². The first-order valence-electron chi connectivity index (χ1n) is 5.30. The molecule has 0 spiro atoms. The second-order valence-electron chi connectivity index (χ2n) is 3.96. The van der Waals surface area contributed by atoms with Crippen molar-refractivity contribution in [2.45, 2.75) is 18.9 Å². The highest BCUT2D eigenvalue weighted by atomic mass is 32.2. The normalized spacial score (nSPS) is 24.0. The molecule has 8 heteroatoms. The molecule has 1 aliphatic heterocycles. The topological polar surface area (TPSA) is 42.0 Å². The SMILES string of the molecule is O=S1CCC(Nc2c(F)c(F)nc(F)c2F)CC1. The van der Waals surface area contributed by atoms with Gasteiger partial charge in [-0.3, -0.25) is 4.21 Å². The van der Waals surface area contributed by atoms with Crippen molar-refractivity contribution < 1.29 is 21.8 Å². The summed E-state index contributed by atoms with van der Waals surface area (Å²) in [5.41, 5.74) is -0.849. The molecular weight excluding hydrogens is 272 g/mol. The molecule has 0 radical (unpaired) electrons. The van der Waals surface area contributed by atoms with Gasteiger partial charge in [-0.2, -0.15) is 22.5 Å². The Morgan fingerprint density at radius 2 is 1.56 bits per heavy atom. The highest BCUT2D eigenvalue weighted by Crippen LogP contribution is 2.24. The van der Waals surface area contributed by atoms with Crippen molar-refractivity contribution in [3.8, 4) is 0 Å². The molecule has 2 heterocycles. The van der Waals surface area contributed by atoms with E-state index in [-0.39, 0.29) is 6.04 Å². The molecule has 0 aliphatic carbocycles. The van der Waals surface area contributed by atoms with E-state index in [9.17, 15) is 21.8 Å². The van der Waals surface area contributed by atoms with Crippen LogP contribution in [-0.2, 0) is 10.8 Å². The summed E-state index contributed by atoms with van der Waals surface area (Å²) in [5, 5.41) is 2.42. The van der Waals surface area contributed by atoms with E-state index in [2.05, 4.69) is 10.3 Å². The predicted octanol–water partition coefficient (Wildman–Crippen LogP) is 1.96. The van der Waals surface area contributed by atoms with Crippen LogP contribution >= 0.6 is 0 Å². The lowest BCUT2D eigenvalue weighted by Crippen LogP contribution is -2.30. The molecule has 18 heavy (non-hydrogen) atoms. The minimum absolute atomic E-state index is 0.354. The molecule has 0 amide bonds. The molecule has 1 fully saturated rings. The number of hydrogen-bond donors (Lipinski definition) is 1. The average molecular weight is 282 g/mol. The zero-order valence-electron chi connectivity index (χ0n) is 9.18. The molecule has 0 aromatic carbocycles. The van der Waals surface area contributed by atoms with E-state index >= 15 is 0 Å². The summed E-state index contributed by atoms with van der Waals surface area (Å²) in [4.78, 5) is 2.47. The van der Waals surface area contributed by atoms with Crippen LogP contribution in [-0.4, -0.2) is 26.7 Å². The van der Waals surface area contributed by atoms with Crippen molar-refractivity contribution in [1.29, 1.82) is 0 Å². The second-order valence-corrected chi connectivity index (χ2v) is 5.66. The Bertz CT molecular complexity index is 461. The fraction of sp³-hybridized carbons (Fsp3) is 0.500. The van der Waals surface area contributed by atoms with Crippen molar-refractivity contribution in [2.24, 2.45) is 0 Å². The van der Waals surface area contributed by atoms with Crippen LogP contribution in [0.4, 0.5) is 23.2 Å². The summed E-state index contributed by atoms with van der Waals surface area (Å²) in [7, 11) is -0.926. The quantitative estimate of drug-likeness (QED) is 0.666. The van der Waals surface area contributed by atoms with Gasteiger partial charge in [0.15, 0.2) is 0 Å². The van der Waals surface area contributed by atoms with E-state index < -0.39 is 40.0 Å². The van der Waals surface area contributed by atoms with Gasteiger partial charge in [0.1, 0.15) is 5.69 Å². The third-order valence-corrected chi connectivity index (χ3v) is 4.12. The number of anilines is 1. The fourth-order valence-corrected chi connectivity index (χ4v) is 3.05. The Morgan fingerprint density at radius 1 is 1.06 bits per heavy atom. The molecule has 0 bridgehead atoms. The summed E-state index contributed by atoms with van der Waals surface area (Å²) in [6.45, 7) is 0. The first kappa shape index (κ1) is 13.3. The first-order valence-corrected chi connectivity index (χ1v) is 6.79. The molecular formula is C10H10F4N2OS. The minimum Gasteiger partial charge on any atom is -0.377 e. The Kier molecular flexibility index (Phi) is 3.84. The smallest absolute Gasteiger partial charge is 0.253 e. The number of nitrogens with one attached hydrogen (secondary N) is 1. The van der Waals surface area contributed by atoms with Crippen LogP contribution in [0.3, 0.4) is 0 Å². The maximum Gasteiger partial charge on any atom is 0.253 e. The molecule has 0 atom stereocenters. The van der Waals surface area contributed by atoms with Crippen molar-refractivity contribution in [3.63, 3.8) is 0 Å². The molecule has 3 nitrogen and oxygen atoms in total. The molecule has 2 rings (SSSR count). The standard InChI is InChI=1S/C10H10F4N2OS/c11-6-8(7(12)10(14)16-9(6)13)15-5-1-3-18(17)4-2-5/h5H,1-4H2,(H,15,16). The average Bonchev–Trinajstić information content (AvgIpc) is 2.34. The number of nitrogens with zero attached hydrogens (tertiary/aromatic N) is 1. The summed E-state index contributed by atoms with van der Waals surface area (Å²) >= 11 is 0. The molecule has 1 aliphatic rings. The summed E-state index contributed by atoms with van der Waals surface area (Å²) in [6.07, 6.45) is 0.855. The van der Waals surface area contributed by atoms with Crippen molar-refractivity contribution in [2.75, 3.05) is 16.8 Å². The fourth-order valence-electron chi connectivity index (χ4n) is 1.76. The van der Waals surface area contributed by atoms with Crippen molar-refractivity contribution >= 4 is 16.5 Å². The number of rotatable bonds is 2. The lowest BCUT2D eigenvalue weighted by molar-refractivity contribution is 0.409. The maximum atomic E-state index is 13.3. The van der Waals surface area contributed by atoms with Gasteiger partial charge in [0, 0.05) is 28.3 Å². The van der Waals surface area contributed by atoms with Crippen LogP contribution in [0.15, 0.2) is 0 Å². The second kappa shape index (κ2) is 5.21. The van der Waals surface area contributed by atoms with Crippen LogP contribution in [0.2, 0.25) is 0 Å². The van der Waals surface area contributed by atoms with Gasteiger partial charge in [-0.1, -0.05) is 0 Å². The molecule has 0 unspecified atom stereocenters. The van der Waals surface area contributed by atoms with E-state index in [1.54, 1.807) is 0 Å².